The lowest BCUT2D eigenvalue weighted by Crippen LogP contribution is -2.37. The van der Waals surface area contributed by atoms with Crippen molar-refractivity contribution in [3.8, 4) is 0 Å². The van der Waals surface area contributed by atoms with Crippen molar-refractivity contribution >= 4 is 23.3 Å². The predicted octanol–water partition coefficient (Wildman–Crippen LogP) is 2.94. The number of hydrogen-bond acceptors (Lipinski definition) is 4. The van der Waals surface area contributed by atoms with E-state index in [1.165, 1.54) is 0 Å². The number of carbonyl (C=O) groups excluding carboxylic acids is 1. The second-order valence-corrected chi connectivity index (χ2v) is 5.70. The number of ether oxygens (including phenoxy) is 1. The maximum absolute atomic E-state index is 12.6. The number of aryl methyl sites for hydroxylation is 2. The topological polar surface area (TPSA) is 72.3 Å². The van der Waals surface area contributed by atoms with Crippen LogP contribution in [0.15, 0.2) is 24.5 Å². The Balaban J connectivity index is 2.09. The van der Waals surface area contributed by atoms with Gasteiger partial charge in [0.1, 0.15) is 5.15 Å². The van der Waals surface area contributed by atoms with Crippen LogP contribution in [-0.2, 0) is 17.8 Å². The van der Waals surface area contributed by atoms with Gasteiger partial charge in [-0.25, -0.2) is 9.78 Å². The Morgan fingerprint density at radius 1 is 1.46 bits per heavy atom. The van der Waals surface area contributed by atoms with Gasteiger partial charge >= 0.3 is 6.03 Å². The lowest BCUT2D eigenvalue weighted by Gasteiger charge is -2.22. The van der Waals surface area contributed by atoms with Gasteiger partial charge in [-0.3, -0.25) is 4.68 Å². The van der Waals surface area contributed by atoms with Crippen LogP contribution in [0.1, 0.15) is 18.2 Å². The molecule has 0 saturated carbocycles. The number of nitrogens with zero attached hydrogens (tertiary/aromatic N) is 4. The quantitative estimate of drug-likeness (QED) is 0.778. The molecule has 0 saturated heterocycles. The minimum Gasteiger partial charge on any atom is -0.383 e. The highest BCUT2D eigenvalue weighted by molar-refractivity contribution is 6.29. The van der Waals surface area contributed by atoms with Crippen molar-refractivity contribution in [2.24, 2.45) is 0 Å². The van der Waals surface area contributed by atoms with Crippen LogP contribution in [0.2, 0.25) is 5.15 Å². The number of nitrogens with one attached hydrogen (secondary N) is 1. The van der Waals surface area contributed by atoms with Gasteiger partial charge in [-0.05, 0) is 26.0 Å². The molecule has 24 heavy (non-hydrogen) atoms. The average molecular weight is 352 g/mol. The zero-order valence-corrected chi connectivity index (χ0v) is 14.9. The largest absolute Gasteiger partial charge is 0.383 e. The van der Waals surface area contributed by atoms with Crippen molar-refractivity contribution in [1.29, 1.82) is 0 Å². The number of anilines is 1. The summed E-state index contributed by atoms with van der Waals surface area (Å²) in [5.41, 5.74) is 2.27. The van der Waals surface area contributed by atoms with Crippen molar-refractivity contribution < 1.29 is 9.53 Å². The number of halogens is 1. The van der Waals surface area contributed by atoms with E-state index < -0.39 is 0 Å². The number of pyridine rings is 1. The number of urea groups is 1. The molecule has 1 N–H and O–H groups in total. The molecule has 0 aliphatic carbocycles. The second kappa shape index (κ2) is 8.65. The minimum absolute atomic E-state index is 0.219. The number of rotatable bonds is 7. The summed E-state index contributed by atoms with van der Waals surface area (Å²) in [6.07, 6.45) is 3.70. The van der Waals surface area contributed by atoms with Gasteiger partial charge in [-0.15, -0.1) is 0 Å². The molecule has 2 amide bonds. The monoisotopic (exact) mass is 351 g/mol. The number of carbonyl (C=O) groups is 1. The van der Waals surface area contributed by atoms with Gasteiger partial charge in [0.15, 0.2) is 0 Å². The number of methoxy groups -OCH3 is 1. The lowest BCUT2D eigenvalue weighted by atomic mass is 10.3. The third-order valence-electron chi connectivity index (χ3n) is 3.53. The van der Waals surface area contributed by atoms with Crippen molar-refractivity contribution in [3.05, 3.63) is 40.9 Å². The van der Waals surface area contributed by atoms with E-state index in [0.29, 0.717) is 36.2 Å². The van der Waals surface area contributed by atoms with Gasteiger partial charge < -0.3 is 15.0 Å². The minimum atomic E-state index is -0.219. The summed E-state index contributed by atoms with van der Waals surface area (Å²) in [5.74, 6) is 0. The van der Waals surface area contributed by atoms with Crippen molar-refractivity contribution in [3.63, 3.8) is 0 Å². The van der Waals surface area contributed by atoms with Gasteiger partial charge in [-0.2, -0.15) is 5.10 Å². The van der Waals surface area contributed by atoms with Crippen LogP contribution in [-0.4, -0.2) is 46.0 Å². The van der Waals surface area contributed by atoms with E-state index in [2.05, 4.69) is 15.4 Å². The van der Waals surface area contributed by atoms with Crippen LogP contribution < -0.4 is 5.32 Å². The molecule has 8 heteroatoms. The SMILES string of the molecule is CCn1cc(CN(CCOC)C(=O)Nc2ccc(Cl)nc2C)cn1. The summed E-state index contributed by atoms with van der Waals surface area (Å²) >= 11 is 5.85. The molecule has 0 unspecified atom stereocenters. The molecule has 0 fully saturated rings. The van der Waals surface area contributed by atoms with Crippen molar-refractivity contribution in [2.75, 3.05) is 25.6 Å². The van der Waals surface area contributed by atoms with Crippen LogP contribution in [0, 0.1) is 6.92 Å². The van der Waals surface area contributed by atoms with E-state index in [0.717, 1.165) is 12.1 Å². The molecule has 0 aliphatic heterocycles. The van der Waals surface area contributed by atoms with Crippen molar-refractivity contribution in [1.82, 2.24) is 19.7 Å². The molecule has 0 radical (unpaired) electrons. The number of hydrogen-bond donors (Lipinski definition) is 1. The van der Waals surface area contributed by atoms with E-state index in [4.69, 9.17) is 16.3 Å². The van der Waals surface area contributed by atoms with Gasteiger partial charge in [0.25, 0.3) is 0 Å². The molecule has 0 bridgehead atoms. The molecule has 2 aromatic heterocycles. The maximum atomic E-state index is 12.6. The Labute approximate surface area is 146 Å². The summed E-state index contributed by atoms with van der Waals surface area (Å²) < 4.78 is 6.93. The maximum Gasteiger partial charge on any atom is 0.322 e. The standard InChI is InChI=1S/C16H22ClN5O2/c1-4-22-11-13(9-18-22)10-21(7-8-24-3)16(23)20-14-5-6-15(17)19-12(14)2/h5-6,9,11H,4,7-8,10H2,1-3H3,(H,20,23). The third-order valence-corrected chi connectivity index (χ3v) is 3.74. The van der Waals surface area contributed by atoms with Gasteiger partial charge in [0, 0.05) is 32.0 Å². The Bertz CT molecular complexity index is 689. The van der Waals surface area contributed by atoms with E-state index >= 15 is 0 Å². The molecule has 0 aromatic carbocycles. The van der Waals surface area contributed by atoms with E-state index in [-0.39, 0.29) is 6.03 Å². The van der Waals surface area contributed by atoms with Crippen LogP contribution in [0.5, 0.6) is 0 Å². The van der Waals surface area contributed by atoms with Gasteiger partial charge in [0.2, 0.25) is 0 Å². The van der Waals surface area contributed by atoms with Crippen LogP contribution >= 0.6 is 11.6 Å². The number of amides is 2. The molecule has 0 atom stereocenters. The van der Waals surface area contributed by atoms with Crippen LogP contribution in [0.4, 0.5) is 10.5 Å². The zero-order valence-electron chi connectivity index (χ0n) is 14.1. The smallest absolute Gasteiger partial charge is 0.322 e. The fourth-order valence-corrected chi connectivity index (χ4v) is 2.38. The first-order valence-electron chi connectivity index (χ1n) is 7.72. The van der Waals surface area contributed by atoms with Crippen LogP contribution in [0.3, 0.4) is 0 Å². The normalized spacial score (nSPS) is 10.7. The number of aromatic nitrogens is 3. The molecular weight excluding hydrogens is 330 g/mol. The van der Waals surface area contributed by atoms with E-state index in [9.17, 15) is 4.79 Å². The molecule has 7 nitrogen and oxygen atoms in total. The molecule has 2 rings (SSSR count). The Morgan fingerprint density at radius 3 is 2.88 bits per heavy atom. The third kappa shape index (κ3) is 4.94. The lowest BCUT2D eigenvalue weighted by molar-refractivity contribution is 0.153. The Hall–Kier alpha value is -2.12. The Kier molecular flexibility index (Phi) is 6.57. The summed E-state index contributed by atoms with van der Waals surface area (Å²) in [7, 11) is 1.61. The van der Waals surface area contributed by atoms with Crippen molar-refractivity contribution in [2.45, 2.75) is 26.9 Å². The summed E-state index contributed by atoms with van der Waals surface area (Å²) in [5, 5.41) is 7.51. The van der Waals surface area contributed by atoms with Gasteiger partial charge in [0.05, 0.1) is 30.7 Å². The summed E-state index contributed by atoms with van der Waals surface area (Å²) in [6.45, 7) is 5.98. The molecule has 0 spiro atoms. The average Bonchev–Trinajstić information content (AvgIpc) is 3.01. The summed E-state index contributed by atoms with van der Waals surface area (Å²) in [6, 6.07) is 3.17. The van der Waals surface area contributed by atoms with Gasteiger partial charge in [-0.1, -0.05) is 11.6 Å². The zero-order chi connectivity index (χ0) is 17.5. The first-order chi connectivity index (χ1) is 11.5. The van der Waals surface area contributed by atoms with E-state index in [1.807, 2.05) is 17.8 Å². The molecule has 2 aromatic rings. The highest BCUT2D eigenvalue weighted by atomic mass is 35.5. The first kappa shape index (κ1) is 18.2. The fourth-order valence-electron chi connectivity index (χ4n) is 2.19. The molecular formula is C16H22ClN5O2. The molecule has 2 heterocycles. The molecule has 130 valence electrons. The fraction of sp³-hybridized carbons (Fsp3) is 0.438. The molecule has 0 aliphatic rings. The van der Waals surface area contributed by atoms with E-state index in [1.54, 1.807) is 37.3 Å². The Morgan fingerprint density at radius 2 is 2.25 bits per heavy atom. The van der Waals surface area contributed by atoms with Crippen LogP contribution in [0.25, 0.3) is 0 Å². The second-order valence-electron chi connectivity index (χ2n) is 5.32. The predicted molar refractivity (Wildman–Crippen MR) is 93.2 cm³/mol. The summed E-state index contributed by atoms with van der Waals surface area (Å²) in [4.78, 5) is 18.4. The first-order valence-corrected chi connectivity index (χ1v) is 8.10. The highest BCUT2D eigenvalue weighted by Crippen LogP contribution is 2.16. The highest BCUT2D eigenvalue weighted by Gasteiger charge is 2.16.